The quantitative estimate of drug-likeness (QED) is 0.325. The summed E-state index contributed by atoms with van der Waals surface area (Å²) < 4.78 is 81.5. The predicted molar refractivity (Wildman–Crippen MR) is 123 cm³/mol. The van der Waals surface area contributed by atoms with Crippen LogP contribution in [0.25, 0.3) is 17.1 Å². The molecule has 0 aliphatic heterocycles. The average Bonchev–Trinajstić information content (AvgIpc) is 3.41. The third-order valence-electron chi connectivity index (χ3n) is 5.36. The third-order valence-corrected chi connectivity index (χ3v) is 5.61. The molecule has 3 N–H and O–H groups in total. The molecule has 0 aliphatic carbocycles. The molecule has 0 radical (unpaired) electrons. The van der Waals surface area contributed by atoms with Crippen molar-refractivity contribution in [3.8, 4) is 17.1 Å². The highest BCUT2D eigenvalue weighted by atomic mass is 35.5. The Labute approximate surface area is 218 Å². The highest BCUT2D eigenvalue weighted by Gasteiger charge is 2.39. The van der Waals surface area contributed by atoms with Crippen LogP contribution in [0.2, 0.25) is 5.02 Å². The molecule has 0 aliphatic rings. The first kappa shape index (κ1) is 27.8. The summed E-state index contributed by atoms with van der Waals surface area (Å²) in [5, 5.41) is 17.8. The summed E-state index contributed by atoms with van der Waals surface area (Å²) in [7, 11) is 0. The van der Waals surface area contributed by atoms with Crippen molar-refractivity contribution in [3.05, 3.63) is 81.3 Å². The van der Waals surface area contributed by atoms with E-state index in [-0.39, 0.29) is 16.4 Å². The van der Waals surface area contributed by atoms with Crippen LogP contribution >= 0.6 is 11.6 Å². The molecule has 0 saturated carbocycles. The van der Waals surface area contributed by atoms with Crippen LogP contribution < -0.4 is 11.4 Å². The molecule has 0 bridgehead atoms. The average molecular weight is 576 g/mol. The minimum atomic E-state index is -5.05. The van der Waals surface area contributed by atoms with Crippen LogP contribution in [0.5, 0.6) is 0 Å². The van der Waals surface area contributed by atoms with Crippen molar-refractivity contribution in [1.82, 2.24) is 29.1 Å². The fraction of sp³-hybridized carbons (Fsp3) is 0.227. The van der Waals surface area contributed by atoms with Crippen molar-refractivity contribution >= 4 is 17.5 Å². The molecule has 17 heteroatoms. The van der Waals surface area contributed by atoms with Crippen molar-refractivity contribution in [2.75, 3.05) is 0 Å². The number of nitrogens with two attached hydrogens (primary N) is 1. The summed E-state index contributed by atoms with van der Waals surface area (Å²) in [6, 6.07) is 9.68. The van der Waals surface area contributed by atoms with Gasteiger partial charge in [0.1, 0.15) is 6.54 Å². The summed E-state index contributed by atoms with van der Waals surface area (Å²) in [4.78, 5) is 28.8. The molecule has 0 fully saturated rings. The molecule has 4 rings (SSSR count). The van der Waals surface area contributed by atoms with E-state index in [4.69, 9.17) is 17.3 Å². The van der Waals surface area contributed by atoms with Gasteiger partial charge in [-0.15, -0.1) is 10.2 Å². The summed E-state index contributed by atoms with van der Waals surface area (Å²) >= 11 is 5.85. The number of halogens is 7. The number of para-hydroxylation sites is 1. The van der Waals surface area contributed by atoms with Crippen LogP contribution in [-0.2, 0) is 19.3 Å². The van der Waals surface area contributed by atoms with E-state index in [0.29, 0.717) is 13.9 Å². The maximum Gasteiger partial charge on any atom is 0.418 e. The molecule has 0 spiro atoms. The third kappa shape index (κ3) is 5.80. The van der Waals surface area contributed by atoms with Gasteiger partial charge in [0.2, 0.25) is 5.82 Å². The van der Waals surface area contributed by atoms with Gasteiger partial charge in [-0.25, -0.2) is 19.1 Å². The molecule has 1 unspecified atom stereocenters. The maximum atomic E-state index is 13.6. The van der Waals surface area contributed by atoms with Crippen molar-refractivity contribution in [3.63, 3.8) is 0 Å². The number of alkyl halides is 6. The van der Waals surface area contributed by atoms with Gasteiger partial charge in [0.05, 0.1) is 17.8 Å². The standard InChI is InChI=1S/C22H16ClF6N7O3/c23-12-7-5-11(6-8-12)18-33-35(20(39)34(18)9-15(37)22(27,28)29)10-16-31-19(17(30)38)36(32-16)14-4-2-1-3-13(14)21(24,25)26/h1-8,15,37H,9-10H2,(H2,30,38). The lowest BCUT2D eigenvalue weighted by Crippen LogP contribution is -2.37. The molecule has 2 aromatic heterocycles. The number of rotatable bonds is 7. The van der Waals surface area contributed by atoms with Crippen molar-refractivity contribution in [2.24, 2.45) is 5.73 Å². The predicted octanol–water partition coefficient (Wildman–Crippen LogP) is 3.04. The molecule has 39 heavy (non-hydrogen) atoms. The monoisotopic (exact) mass is 575 g/mol. The van der Waals surface area contributed by atoms with Crippen molar-refractivity contribution < 1.29 is 36.2 Å². The number of nitrogens with zero attached hydrogens (tertiary/aromatic N) is 6. The summed E-state index contributed by atoms with van der Waals surface area (Å²) in [5.41, 5.74) is 2.59. The van der Waals surface area contributed by atoms with Gasteiger partial charge in [-0.05, 0) is 36.4 Å². The van der Waals surface area contributed by atoms with Crippen molar-refractivity contribution in [1.29, 1.82) is 0 Å². The topological polar surface area (TPSA) is 134 Å². The molecular weight excluding hydrogens is 560 g/mol. The molecule has 0 saturated heterocycles. The van der Waals surface area contributed by atoms with E-state index in [1.165, 1.54) is 30.3 Å². The Balaban J connectivity index is 1.81. The number of aliphatic hydroxyl groups excluding tert-OH is 1. The van der Waals surface area contributed by atoms with Crippen LogP contribution in [0, 0.1) is 0 Å². The Morgan fingerprint density at radius 1 is 1.03 bits per heavy atom. The first-order valence-corrected chi connectivity index (χ1v) is 11.2. The van der Waals surface area contributed by atoms with Crippen molar-refractivity contribution in [2.45, 2.75) is 31.5 Å². The highest BCUT2D eigenvalue weighted by molar-refractivity contribution is 6.30. The molecule has 2 aromatic carbocycles. The Hall–Kier alpha value is -4.18. The number of aromatic nitrogens is 6. The Morgan fingerprint density at radius 3 is 2.26 bits per heavy atom. The lowest BCUT2D eigenvalue weighted by Gasteiger charge is -2.15. The molecule has 2 heterocycles. The number of carbonyl (C=O) groups excluding carboxylic acids is 1. The Morgan fingerprint density at radius 2 is 1.67 bits per heavy atom. The van der Waals surface area contributed by atoms with Gasteiger partial charge in [0.15, 0.2) is 17.8 Å². The number of carbonyl (C=O) groups is 1. The summed E-state index contributed by atoms with van der Waals surface area (Å²) in [6.07, 6.45) is -12.8. The fourth-order valence-corrected chi connectivity index (χ4v) is 3.70. The van der Waals surface area contributed by atoms with E-state index in [1.807, 2.05) is 0 Å². The Kier molecular flexibility index (Phi) is 7.27. The van der Waals surface area contributed by atoms with E-state index >= 15 is 0 Å². The summed E-state index contributed by atoms with van der Waals surface area (Å²) in [6.45, 7) is -1.89. The zero-order valence-corrected chi connectivity index (χ0v) is 20.0. The van der Waals surface area contributed by atoms with Crippen LogP contribution in [0.4, 0.5) is 26.3 Å². The van der Waals surface area contributed by atoms with Crippen LogP contribution in [0.3, 0.4) is 0 Å². The minimum absolute atomic E-state index is 0.167. The molecule has 206 valence electrons. The van der Waals surface area contributed by atoms with Gasteiger partial charge < -0.3 is 10.8 Å². The minimum Gasteiger partial charge on any atom is -0.382 e. The zero-order valence-electron chi connectivity index (χ0n) is 19.3. The first-order valence-electron chi connectivity index (χ1n) is 10.8. The van der Waals surface area contributed by atoms with E-state index in [9.17, 15) is 41.0 Å². The first-order chi connectivity index (χ1) is 18.2. The molecule has 1 atom stereocenters. The molecular formula is C22H16ClF6N7O3. The van der Waals surface area contributed by atoms with Gasteiger partial charge in [-0.1, -0.05) is 23.7 Å². The number of benzene rings is 2. The summed E-state index contributed by atoms with van der Waals surface area (Å²) in [5.74, 6) is -2.61. The van der Waals surface area contributed by atoms with E-state index in [1.54, 1.807) is 0 Å². The van der Waals surface area contributed by atoms with E-state index < -0.39 is 66.0 Å². The zero-order chi connectivity index (χ0) is 28.7. The lowest BCUT2D eigenvalue weighted by atomic mass is 10.1. The van der Waals surface area contributed by atoms with Gasteiger partial charge in [0.25, 0.3) is 5.91 Å². The molecule has 10 nitrogen and oxygen atoms in total. The van der Waals surface area contributed by atoms with E-state index in [2.05, 4.69) is 15.2 Å². The molecule has 4 aromatic rings. The second-order valence-corrected chi connectivity index (χ2v) is 8.52. The number of aliphatic hydroxyl groups is 1. The van der Waals surface area contributed by atoms with Gasteiger partial charge in [-0.2, -0.15) is 26.3 Å². The highest BCUT2D eigenvalue weighted by Crippen LogP contribution is 2.34. The van der Waals surface area contributed by atoms with E-state index in [0.717, 1.165) is 18.2 Å². The largest absolute Gasteiger partial charge is 0.418 e. The van der Waals surface area contributed by atoms with Crippen LogP contribution in [0.15, 0.2) is 53.3 Å². The smallest absolute Gasteiger partial charge is 0.382 e. The second kappa shape index (κ2) is 10.2. The van der Waals surface area contributed by atoms with Gasteiger partial charge >= 0.3 is 18.0 Å². The Bertz CT molecular complexity index is 1570. The fourth-order valence-electron chi connectivity index (χ4n) is 3.58. The SMILES string of the molecule is NC(=O)c1nc(Cn2nc(-c3ccc(Cl)cc3)n(CC(O)C(F)(F)F)c2=O)nn1-c1ccccc1C(F)(F)F. The molecule has 1 amide bonds. The number of hydrogen-bond acceptors (Lipinski definition) is 6. The maximum absolute atomic E-state index is 13.6. The number of amides is 1. The lowest BCUT2D eigenvalue weighted by molar-refractivity contribution is -0.207. The van der Waals surface area contributed by atoms with Gasteiger partial charge in [-0.3, -0.25) is 9.36 Å². The normalized spacial score (nSPS) is 13.0. The van der Waals surface area contributed by atoms with Gasteiger partial charge in [0, 0.05) is 10.6 Å². The second-order valence-electron chi connectivity index (χ2n) is 8.08. The number of primary amides is 1. The van der Waals surface area contributed by atoms with Crippen LogP contribution in [0.1, 0.15) is 22.0 Å². The number of hydrogen-bond donors (Lipinski definition) is 2. The van der Waals surface area contributed by atoms with Crippen LogP contribution in [-0.4, -0.2) is 52.4 Å².